The molecule has 16 heavy (non-hydrogen) atoms. The first-order valence-corrected chi connectivity index (χ1v) is 5.08. The minimum absolute atomic E-state index is 0.380. The van der Waals surface area contributed by atoms with E-state index in [0.29, 0.717) is 17.9 Å². The van der Waals surface area contributed by atoms with E-state index in [9.17, 15) is 0 Å². The quantitative estimate of drug-likeness (QED) is 0.794. The third-order valence-electron chi connectivity index (χ3n) is 2.43. The highest BCUT2D eigenvalue weighted by Gasteiger charge is 2.05. The second-order valence-corrected chi connectivity index (χ2v) is 3.72. The molecule has 4 heteroatoms. The molecule has 0 spiro atoms. The Hall–Kier alpha value is -2.10. The van der Waals surface area contributed by atoms with Crippen molar-refractivity contribution in [2.45, 2.75) is 13.3 Å². The van der Waals surface area contributed by atoms with E-state index in [1.54, 1.807) is 6.20 Å². The number of rotatable bonds is 2. The van der Waals surface area contributed by atoms with Gasteiger partial charge in [-0.3, -0.25) is 4.98 Å². The van der Waals surface area contributed by atoms with Gasteiger partial charge in [-0.25, -0.2) is 4.98 Å². The summed E-state index contributed by atoms with van der Waals surface area (Å²) in [5.74, 6) is 0.380. The largest absolute Gasteiger partial charge is 0.396 e. The Morgan fingerprint density at radius 3 is 2.75 bits per heavy atom. The van der Waals surface area contributed by atoms with Gasteiger partial charge in [-0.1, -0.05) is 6.07 Å². The highest BCUT2D eigenvalue weighted by Crippen LogP contribution is 2.19. The normalized spacial score (nSPS) is 10.3. The fraction of sp³-hybridized carbons (Fsp3) is 0.167. The van der Waals surface area contributed by atoms with Crippen molar-refractivity contribution >= 4 is 11.5 Å². The van der Waals surface area contributed by atoms with E-state index < -0.39 is 0 Å². The van der Waals surface area contributed by atoms with Crippen LogP contribution in [0.25, 0.3) is 0 Å². The van der Waals surface area contributed by atoms with Crippen LogP contribution in [0.2, 0.25) is 0 Å². The first-order chi connectivity index (χ1) is 7.66. The Kier molecular flexibility index (Phi) is 2.72. The standard InChI is InChI=1S/C12H14N4/c1-8-3-2-4-10(16-8)7-9-5-6-15-12(14)11(9)13/h2-6H,7,13H2,1H3,(H2,14,15). The fourth-order valence-electron chi connectivity index (χ4n) is 1.58. The van der Waals surface area contributed by atoms with E-state index in [1.807, 2.05) is 31.2 Å². The van der Waals surface area contributed by atoms with Gasteiger partial charge in [0.05, 0.1) is 5.69 Å². The summed E-state index contributed by atoms with van der Waals surface area (Å²) in [6, 6.07) is 7.80. The predicted molar refractivity (Wildman–Crippen MR) is 64.8 cm³/mol. The van der Waals surface area contributed by atoms with Crippen LogP contribution in [-0.4, -0.2) is 9.97 Å². The average Bonchev–Trinajstić information content (AvgIpc) is 2.25. The van der Waals surface area contributed by atoms with E-state index in [2.05, 4.69) is 9.97 Å². The summed E-state index contributed by atoms with van der Waals surface area (Å²) < 4.78 is 0. The van der Waals surface area contributed by atoms with Gasteiger partial charge in [0.2, 0.25) is 0 Å². The number of pyridine rings is 2. The van der Waals surface area contributed by atoms with Gasteiger partial charge in [-0.05, 0) is 30.7 Å². The van der Waals surface area contributed by atoms with Gasteiger partial charge in [0.1, 0.15) is 5.82 Å². The molecule has 0 aliphatic rings. The highest BCUT2D eigenvalue weighted by atomic mass is 14.9. The van der Waals surface area contributed by atoms with Gasteiger partial charge < -0.3 is 11.5 Å². The molecular formula is C12H14N4. The molecule has 0 bridgehead atoms. The molecule has 0 aliphatic heterocycles. The van der Waals surface area contributed by atoms with Gasteiger partial charge in [-0.15, -0.1) is 0 Å². The number of nitrogens with two attached hydrogens (primary N) is 2. The second kappa shape index (κ2) is 4.18. The van der Waals surface area contributed by atoms with Crippen molar-refractivity contribution in [2.24, 2.45) is 0 Å². The molecule has 0 aliphatic carbocycles. The molecule has 0 radical (unpaired) electrons. The molecule has 0 unspecified atom stereocenters. The van der Waals surface area contributed by atoms with Crippen LogP contribution in [-0.2, 0) is 6.42 Å². The first-order valence-electron chi connectivity index (χ1n) is 5.08. The third-order valence-corrected chi connectivity index (χ3v) is 2.43. The minimum Gasteiger partial charge on any atom is -0.396 e. The fourth-order valence-corrected chi connectivity index (χ4v) is 1.58. The number of anilines is 2. The first kappa shape index (κ1) is 10.4. The number of nitrogens with zero attached hydrogens (tertiary/aromatic N) is 2. The average molecular weight is 214 g/mol. The molecule has 4 nitrogen and oxygen atoms in total. The van der Waals surface area contributed by atoms with Gasteiger partial charge >= 0.3 is 0 Å². The smallest absolute Gasteiger partial charge is 0.146 e. The molecule has 2 aromatic rings. The Morgan fingerprint density at radius 1 is 1.19 bits per heavy atom. The molecule has 0 saturated heterocycles. The Morgan fingerprint density at radius 2 is 2.00 bits per heavy atom. The zero-order chi connectivity index (χ0) is 11.5. The molecule has 2 heterocycles. The predicted octanol–water partition coefficient (Wildman–Crippen LogP) is 1.54. The third kappa shape index (κ3) is 2.11. The van der Waals surface area contributed by atoms with Gasteiger partial charge in [0.25, 0.3) is 0 Å². The van der Waals surface area contributed by atoms with Crippen molar-refractivity contribution in [3.63, 3.8) is 0 Å². The summed E-state index contributed by atoms with van der Waals surface area (Å²) in [7, 11) is 0. The lowest BCUT2D eigenvalue weighted by molar-refractivity contribution is 1.04. The molecular weight excluding hydrogens is 200 g/mol. The summed E-state index contributed by atoms with van der Waals surface area (Å²) in [5, 5.41) is 0. The number of aromatic nitrogens is 2. The van der Waals surface area contributed by atoms with Gasteiger partial charge in [-0.2, -0.15) is 0 Å². The number of hydrogen-bond acceptors (Lipinski definition) is 4. The zero-order valence-corrected chi connectivity index (χ0v) is 9.14. The Bertz CT molecular complexity index is 508. The van der Waals surface area contributed by atoms with Crippen molar-refractivity contribution in [3.05, 3.63) is 47.4 Å². The minimum atomic E-state index is 0.380. The number of aryl methyl sites for hydroxylation is 1. The molecule has 0 saturated carbocycles. The maximum atomic E-state index is 5.85. The molecule has 0 fully saturated rings. The van der Waals surface area contributed by atoms with Crippen LogP contribution in [0.1, 0.15) is 17.0 Å². The van der Waals surface area contributed by atoms with E-state index in [0.717, 1.165) is 17.0 Å². The summed E-state index contributed by atoms with van der Waals surface area (Å²) in [6.45, 7) is 1.97. The summed E-state index contributed by atoms with van der Waals surface area (Å²) in [4.78, 5) is 8.35. The van der Waals surface area contributed by atoms with Crippen molar-refractivity contribution in [3.8, 4) is 0 Å². The van der Waals surface area contributed by atoms with Crippen LogP contribution in [0.3, 0.4) is 0 Å². The van der Waals surface area contributed by atoms with Crippen molar-refractivity contribution < 1.29 is 0 Å². The van der Waals surface area contributed by atoms with Crippen LogP contribution in [0.15, 0.2) is 30.5 Å². The van der Waals surface area contributed by atoms with E-state index in [4.69, 9.17) is 11.5 Å². The molecule has 82 valence electrons. The number of nitrogen functional groups attached to an aromatic ring is 2. The summed E-state index contributed by atoms with van der Waals surface area (Å²) >= 11 is 0. The van der Waals surface area contributed by atoms with Crippen molar-refractivity contribution in [1.29, 1.82) is 0 Å². The molecule has 2 rings (SSSR count). The van der Waals surface area contributed by atoms with Crippen LogP contribution in [0.4, 0.5) is 11.5 Å². The summed E-state index contributed by atoms with van der Waals surface area (Å²) in [6.07, 6.45) is 2.34. The zero-order valence-electron chi connectivity index (χ0n) is 9.14. The van der Waals surface area contributed by atoms with Crippen LogP contribution >= 0.6 is 0 Å². The second-order valence-electron chi connectivity index (χ2n) is 3.72. The maximum Gasteiger partial charge on any atom is 0.146 e. The monoisotopic (exact) mass is 214 g/mol. The Labute approximate surface area is 94.3 Å². The van der Waals surface area contributed by atoms with Gasteiger partial charge in [0.15, 0.2) is 0 Å². The molecule has 0 aromatic carbocycles. The van der Waals surface area contributed by atoms with E-state index >= 15 is 0 Å². The lowest BCUT2D eigenvalue weighted by Gasteiger charge is -2.07. The molecule has 0 amide bonds. The van der Waals surface area contributed by atoms with Crippen molar-refractivity contribution in [2.75, 3.05) is 11.5 Å². The van der Waals surface area contributed by atoms with Crippen LogP contribution in [0.5, 0.6) is 0 Å². The van der Waals surface area contributed by atoms with Crippen molar-refractivity contribution in [1.82, 2.24) is 9.97 Å². The maximum absolute atomic E-state index is 5.85. The number of hydrogen-bond donors (Lipinski definition) is 2. The van der Waals surface area contributed by atoms with Gasteiger partial charge in [0, 0.05) is 24.0 Å². The van der Waals surface area contributed by atoms with E-state index in [-0.39, 0.29) is 0 Å². The molecule has 4 N–H and O–H groups in total. The topological polar surface area (TPSA) is 77.8 Å². The molecule has 0 atom stereocenters. The SMILES string of the molecule is Cc1cccc(Cc2ccnc(N)c2N)n1. The lowest BCUT2D eigenvalue weighted by atomic mass is 10.1. The Balaban J connectivity index is 2.31. The van der Waals surface area contributed by atoms with Crippen LogP contribution in [0, 0.1) is 6.92 Å². The highest BCUT2D eigenvalue weighted by molar-refractivity contribution is 5.63. The lowest BCUT2D eigenvalue weighted by Crippen LogP contribution is -2.03. The van der Waals surface area contributed by atoms with Crippen LogP contribution < -0.4 is 11.5 Å². The van der Waals surface area contributed by atoms with E-state index in [1.165, 1.54) is 0 Å². The molecule has 2 aromatic heterocycles. The summed E-state index contributed by atoms with van der Waals surface area (Å²) in [5.41, 5.74) is 15.0.